The fourth-order valence-corrected chi connectivity index (χ4v) is 3.92. The largest absolute Gasteiger partial charge is 0.326 e. The van der Waals surface area contributed by atoms with Gasteiger partial charge in [0.15, 0.2) is 0 Å². The normalized spacial score (nSPS) is 28.0. The first-order valence-electron chi connectivity index (χ1n) is 8.94. The van der Waals surface area contributed by atoms with Crippen molar-refractivity contribution in [2.45, 2.75) is 31.5 Å². The fourth-order valence-electron chi connectivity index (χ4n) is 3.92. The first-order valence-corrected chi connectivity index (χ1v) is 8.94. The molecule has 6 nitrogen and oxygen atoms in total. The molecule has 3 aliphatic rings. The molecule has 6 heteroatoms. The highest BCUT2D eigenvalue weighted by molar-refractivity contribution is 6.05. The molecule has 2 heterocycles. The van der Waals surface area contributed by atoms with Crippen LogP contribution in [0.3, 0.4) is 0 Å². The van der Waals surface area contributed by atoms with E-state index in [1.807, 2.05) is 30.4 Å². The fraction of sp³-hybridized carbons (Fsp3) is 0.350. The molecule has 3 atom stereocenters. The van der Waals surface area contributed by atoms with Crippen molar-refractivity contribution in [2.75, 3.05) is 6.54 Å². The van der Waals surface area contributed by atoms with Crippen molar-refractivity contribution in [2.24, 2.45) is 5.92 Å². The number of likely N-dealkylation sites (tertiary alicyclic amines) is 1. The molecule has 0 spiro atoms. The number of fused-ring (bicyclic) bond motifs is 1. The van der Waals surface area contributed by atoms with Crippen LogP contribution < -0.4 is 10.6 Å². The maximum absolute atomic E-state index is 12.8. The second-order valence-corrected chi connectivity index (χ2v) is 6.93. The number of hydrogen-bond donors (Lipinski definition) is 2. The van der Waals surface area contributed by atoms with E-state index < -0.39 is 6.04 Å². The molecule has 1 aliphatic carbocycles. The minimum absolute atomic E-state index is 0.0154. The zero-order valence-electron chi connectivity index (χ0n) is 14.4. The molecule has 0 bridgehead atoms. The molecule has 134 valence electrons. The average Bonchev–Trinajstić information content (AvgIpc) is 2.98. The highest BCUT2D eigenvalue weighted by Crippen LogP contribution is 2.33. The monoisotopic (exact) mass is 351 g/mol. The van der Waals surface area contributed by atoms with E-state index in [2.05, 4.69) is 28.8 Å². The number of nitrogens with one attached hydrogen (secondary N) is 2. The van der Waals surface area contributed by atoms with Crippen molar-refractivity contribution in [3.8, 4) is 0 Å². The Balaban J connectivity index is 1.47. The van der Waals surface area contributed by atoms with E-state index >= 15 is 0 Å². The van der Waals surface area contributed by atoms with E-state index in [1.165, 1.54) is 5.56 Å². The van der Waals surface area contributed by atoms with Crippen LogP contribution >= 0.6 is 0 Å². The lowest BCUT2D eigenvalue weighted by molar-refractivity contribution is -0.142. The molecule has 2 N–H and O–H groups in total. The predicted molar refractivity (Wildman–Crippen MR) is 95.7 cm³/mol. The number of imide groups is 1. The second kappa shape index (κ2) is 6.88. The summed E-state index contributed by atoms with van der Waals surface area (Å²) in [6.45, 7) is 1.21. The van der Waals surface area contributed by atoms with Crippen LogP contribution in [0.2, 0.25) is 0 Å². The molecule has 26 heavy (non-hydrogen) atoms. The van der Waals surface area contributed by atoms with Crippen molar-refractivity contribution in [1.82, 2.24) is 15.5 Å². The number of benzene rings is 1. The molecule has 2 aliphatic heterocycles. The SMILES string of the molecule is O=C1CCC(N2CC3C(=CC=CC3NCc3ccccc3)C2=O)C(=O)N1. The standard InChI is InChI=1S/C20H21N3O3/c24-18-10-9-17(19(25)22-18)23-12-15-14(20(23)26)7-4-8-16(15)21-11-13-5-2-1-3-6-13/h1-8,15-17,21H,9-12H2,(H,22,24,25). The van der Waals surface area contributed by atoms with Gasteiger partial charge in [0, 0.05) is 37.0 Å². The number of carbonyl (C=O) groups is 3. The van der Waals surface area contributed by atoms with E-state index in [0.717, 1.165) is 5.57 Å². The molecule has 1 aromatic carbocycles. The number of carbonyl (C=O) groups excluding carboxylic acids is 3. The summed E-state index contributed by atoms with van der Waals surface area (Å²) < 4.78 is 0. The Labute approximate surface area is 151 Å². The molecule has 3 unspecified atom stereocenters. The molecule has 1 aromatic rings. The lowest BCUT2D eigenvalue weighted by Gasteiger charge is -2.30. The van der Waals surface area contributed by atoms with Gasteiger partial charge < -0.3 is 10.2 Å². The number of rotatable bonds is 4. The molecule has 4 rings (SSSR count). The minimum Gasteiger partial charge on any atom is -0.326 e. The molecule has 0 radical (unpaired) electrons. The first kappa shape index (κ1) is 16.7. The smallest absolute Gasteiger partial charge is 0.250 e. The van der Waals surface area contributed by atoms with Gasteiger partial charge in [-0.1, -0.05) is 48.6 Å². The van der Waals surface area contributed by atoms with E-state index in [9.17, 15) is 14.4 Å². The summed E-state index contributed by atoms with van der Waals surface area (Å²) in [6.07, 6.45) is 6.49. The molecule has 2 fully saturated rings. The van der Waals surface area contributed by atoms with Crippen LogP contribution in [0.4, 0.5) is 0 Å². The van der Waals surface area contributed by atoms with Gasteiger partial charge in [-0.2, -0.15) is 0 Å². The Morgan fingerprint density at radius 1 is 1.15 bits per heavy atom. The van der Waals surface area contributed by atoms with Crippen molar-refractivity contribution < 1.29 is 14.4 Å². The number of amides is 3. The van der Waals surface area contributed by atoms with Gasteiger partial charge in [-0.15, -0.1) is 0 Å². The minimum atomic E-state index is -0.554. The van der Waals surface area contributed by atoms with Gasteiger partial charge >= 0.3 is 0 Å². The quantitative estimate of drug-likeness (QED) is 0.790. The molecular weight excluding hydrogens is 330 g/mol. The Bertz CT molecular complexity index is 800. The van der Waals surface area contributed by atoms with Gasteiger partial charge in [0.05, 0.1) is 0 Å². The average molecular weight is 351 g/mol. The van der Waals surface area contributed by atoms with Gasteiger partial charge in [0.2, 0.25) is 11.8 Å². The van der Waals surface area contributed by atoms with Crippen LogP contribution in [0.25, 0.3) is 0 Å². The number of allylic oxidation sites excluding steroid dienone is 2. The first-order chi connectivity index (χ1) is 12.6. The molecule has 3 amide bonds. The van der Waals surface area contributed by atoms with Crippen molar-refractivity contribution in [3.63, 3.8) is 0 Å². The van der Waals surface area contributed by atoms with Crippen LogP contribution in [-0.4, -0.2) is 41.2 Å². The second-order valence-electron chi connectivity index (χ2n) is 6.93. The maximum Gasteiger partial charge on any atom is 0.250 e. The highest BCUT2D eigenvalue weighted by atomic mass is 16.2. The van der Waals surface area contributed by atoms with Crippen LogP contribution in [-0.2, 0) is 20.9 Å². The van der Waals surface area contributed by atoms with Crippen LogP contribution in [0.5, 0.6) is 0 Å². The Hall–Kier alpha value is -2.73. The maximum atomic E-state index is 12.8. The lowest BCUT2D eigenvalue weighted by atomic mass is 9.89. The summed E-state index contributed by atoms with van der Waals surface area (Å²) >= 11 is 0. The van der Waals surface area contributed by atoms with E-state index in [4.69, 9.17) is 0 Å². The van der Waals surface area contributed by atoms with Crippen molar-refractivity contribution >= 4 is 17.7 Å². The Kier molecular flexibility index (Phi) is 4.42. The zero-order valence-corrected chi connectivity index (χ0v) is 14.4. The number of hydrogen-bond acceptors (Lipinski definition) is 4. The van der Waals surface area contributed by atoms with E-state index in [0.29, 0.717) is 19.5 Å². The molecule has 0 saturated carbocycles. The van der Waals surface area contributed by atoms with Gasteiger partial charge in [0.25, 0.3) is 5.91 Å². The van der Waals surface area contributed by atoms with Crippen molar-refractivity contribution in [3.05, 3.63) is 59.7 Å². The highest BCUT2D eigenvalue weighted by Gasteiger charge is 2.45. The van der Waals surface area contributed by atoms with Gasteiger partial charge in [-0.3, -0.25) is 19.7 Å². The van der Waals surface area contributed by atoms with Crippen LogP contribution in [0.15, 0.2) is 54.1 Å². The molecule has 2 saturated heterocycles. The molecular formula is C20H21N3O3. The topological polar surface area (TPSA) is 78.5 Å². The zero-order chi connectivity index (χ0) is 18.1. The van der Waals surface area contributed by atoms with Gasteiger partial charge in [0.1, 0.15) is 6.04 Å². The van der Waals surface area contributed by atoms with Crippen LogP contribution in [0.1, 0.15) is 18.4 Å². The van der Waals surface area contributed by atoms with Crippen LogP contribution in [0, 0.1) is 5.92 Å². The number of nitrogens with zero attached hydrogens (tertiary/aromatic N) is 1. The molecule has 0 aromatic heterocycles. The summed E-state index contributed by atoms with van der Waals surface area (Å²) in [4.78, 5) is 38.0. The van der Waals surface area contributed by atoms with Crippen molar-refractivity contribution in [1.29, 1.82) is 0 Å². The number of piperidine rings is 1. The Morgan fingerprint density at radius 2 is 1.96 bits per heavy atom. The van der Waals surface area contributed by atoms with Gasteiger partial charge in [-0.05, 0) is 12.0 Å². The van der Waals surface area contributed by atoms with E-state index in [1.54, 1.807) is 4.90 Å². The summed E-state index contributed by atoms with van der Waals surface area (Å²) in [6, 6.07) is 9.60. The Morgan fingerprint density at radius 3 is 2.73 bits per heavy atom. The van der Waals surface area contributed by atoms with E-state index in [-0.39, 0.29) is 36.1 Å². The summed E-state index contributed by atoms with van der Waals surface area (Å²) in [5.41, 5.74) is 1.92. The third-order valence-electron chi connectivity index (χ3n) is 5.30. The summed E-state index contributed by atoms with van der Waals surface area (Å²) in [5, 5.41) is 5.85. The lowest BCUT2D eigenvalue weighted by Crippen LogP contribution is -2.53. The summed E-state index contributed by atoms with van der Waals surface area (Å²) in [7, 11) is 0. The third-order valence-corrected chi connectivity index (χ3v) is 5.30. The summed E-state index contributed by atoms with van der Waals surface area (Å²) in [5.74, 6) is -0.712. The third kappa shape index (κ3) is 3.08. The predicted octanol–water partition coefficient (Wildman–Crippen LogP) is 0.905. The van der Waals surface area contributed by atoms with Gasteiger partial charge in [-0.25, -0.2) is 0 Å².